The molecule has 0 aliphatic carbocycles. The second-order valence-corrected chi connectivity index (χ2v) is 6.79. The zero-order valence-corrected chi connectivity index (χ0v) is 17.2. The summed E-state index contributed by atoms with van der Waals surface area (Å²) in [5, 5.41) is 6.77. The molecule has 2 N–H and O–H groups in total. The van der Waals surface area contributed by atoms with Crippen LogP contribution in [0.25, 0.3) is 0 Å². The molecule has 0 saturated carbocycles. The van der Waals surface area contributed by atoms with Gasteiger partial charge in [-0.25, -0.2) is 4.98 Å². The van der Waals surface area contributed by atoms with Crippen molar-refractivity contribution >= 4 is 17.5 Å². The van der Waals surface area contributed by atoms with Crippen molar-refractivity contribution in [3.05, 3.63) is 36.0 Å². The molecule has 0 bridgehead atoms. The second kappa shape index (κ2) is 10.7. The highest BCUT2D eigenvalue weighted by molar-refractivity contribution is 5.56. The number of aryl methyl sites for hydroxylation is 1. The maximum atomic E-state index is 5.19. The summed E-state index contributed by atoms with van der Waals surface area (Å²) in [5.41, 5.74) is 1.86. The standard InChI is InChI=1S/C21H33N5O/c1-6-26(7-2)14-8-9-16(3)22-20-15-17(4)23-21(25-20)24-18-10-12-19(27-5)13-11-18/h10-13,15-16H,6-9,14H2,1-5H3,(H2,22,23,24,25). The first-order chi connectivity index (χ1) is 13.0. The predicted molar refractivity (Wildman–Crippen MR) is 113 cm³/mol. The molecule has 1 heterocycles. The molecule has 1 aromatic heterocycles. The second-order valence-electron chi connectivity index (χ2n) is 6.79. The van der Waals surface area contributed by atoms with Gasteiger partial charge in [0.1, 0.15) is 11.6 Å². The summed E-state index contributed by atoms with van der Waals surface area (Å²) in [4.78, 5) is 11.6. The van der Waals surface area contributed by atoms with E-state index in [1.807, 2.05) is 37.3 Å². The molecule has 2 rings (SSSR count). The third-order valence-corrected chi connectivity index (χ3v) is 4.60. The first kappa shape index (κ1) is 21.0. The lowest BCUT2D eigenvalue weighted by Crippen LogP contribution is -2.25. The van der Waals surface area contributed by atoms with Crippen molar-refractivity contribution in [1.29, 1.82) is 0 Å². The molecule has 6 nitrogen and oxygen atoms in total. The molecule has 0 amide bonds. The Bertz CT molecular complexity index is 685. The van der Waals surface area contributed by atoms with Crippen LogP contribution >= 0.6 is 0 Å². The van der Waals surface area contributed by atoms with Crippen molar-refractivity contribution in [3.63, 3.8) is 0 Å². The van der Waals surface area contributed by atoms with Crippen molar-refractivity contribution in [3.8, 4) is 5.75 Å². The van der Waals surface area contributed by atoms with Gasteiger partial charge in [-0.3, -0.25) is 0 Å². The van der Waals surface area contributed by atoms with Crippen LogP contribution in [-0.4, -0.2) is 47.7 Å². The van der Waals surface area contributed by atoms with Crippen LogP contribution in [0.15, 0.2) is 30.3 Å². The van der Waals surface area contributed by atoms with Crippen LogP contribution in [0.1, 0.15) is 39.3 Å². The number of rotatable bonds is 11. The quantitative estimate of drug-likeness (QED) is 0.608. The minimum Gasteiger partial charge on any atom is -0.497 e. The number of nitrogens with zero attached hydrogens (tertiary/aromatic N) is 3. The summed E-state index contributed by atoms with van der Waals surface area (Å²) in [7, 11) is 1.66. The van der Waals surface area contributed by atoms with E-state index in [-0.39, 0.29) is 0 Å². The molecule has 0 saturated heterocycles. The van der Waals surface area contributed by atoms with E-state index in [9.17, 15) is 0 Å². The molecule has 1 aromatic carbocycles. The number of hydrogen-bond donors (Lipinski definition) is 2. The highest BCUT2D eigenvalue weighted by atomic mass is 16.5. The minimum absolute atomic E-state index is 0.365. The fourth-order valence-electron chi connectivity index (χ4n) is 2.99. The van der Waals surface area contributed by atoms with Gasteiger partial charge in [0.2, 0.25) is 5.95 Å². The molecule has 27 heavy (non-hydrogen) atoms. The van der Waals surface area contributed by atoms with E-state index in [0.29, 0.717) is 12.0 Å². The van der Waals surface area contributed by atoms with Gasteiger partial charge in [-0.05, 0) is 70.6 Å². The SMILES string of the molecule is CCN(CC)CCCC(C)Nc1cc(C)nc(Nc2ccc(OC)cc2)n1. The molecule has 1 unspecified atom stereocenters. The molecular weight excluding hydrogens is 338 g/mol. The van der Waals surface area contributed by atoms with Gasteiger partial charge in [0, 0.05) is 23.5 Å². The average molecular weight is 372 g/mol. The van der Waals surface area contributed by atoms with Gasteiger partial charge in [-0.2, -0.15) is 4.98 Å². The van der Waals surface area contributed by atoms with E-state index < -0.39 is 0 Å². The third-order valence-electron chi connectivity index (χ3n) is 4.60. The lowest BCUT2D eigenvalue weighted by atomic mass is 10.1. The van der Waals surface area contributed by atoms with E-state index >= 15 is 0 Å². The summed E-state index contributed by atoms with van der Waals surface area (Å²) in [6, 6.07) is 10.1. The van der Waals surface area contributed by atoms with Gasteiger partial charge < -0.3 is 20.3 Å². The molecule has 0 spiro atoms. The van der Waals surface area contributed by atoms with E-state index in [0.717, 1.165) is 49.0 Å². The summed E-state index contributed by atoms with van der Waals surface area (Å²) < 4.78 is 5.19. The van der Waals surface area contributed by atoms with Gasteiger partial charge >= 0.3 is 0 Å². The van der Waals surface area contributed by atoms with Crippen LogP contribution in [0.2, 0.25) is 0 Å². The summed E-state index contributed by atoms with van der Waals surface area (Å²) in [5.74, 6) is 2.28. The summed E-state index contributed by atoms with van der Waals surface area (Å²) in [6.07, 6.45) is 2.29. The third kappa shape index (κ3) is 7.06. The lowest BCUT2D eigenvalue weighted by molar-refractivity contribution is 0.295. The molecule has 0 aliphatic heterocycles. The van der Waals surface area contributed by atoms with Gasteiger partial charge in [0.15, 0.2) is 0 Å². The highest BCUT2D eigenvalue weighted by Crippen LogP contribution is 2.19. The maximum absolute atomic E-state index is 5.19. The number of anilines is 3. The Morgan fingerprint density at radius 3 is 2.44 bits per heavy atom. The maximum Gasteiger partial charge on any atom is 0.229 e. The Balaban J connectivity index is 1.93. The van der Waals surface area contributed by atoms with Crippen LogP contribution < -0.4 is 15.4 Å². The van der Waals surface area contributed by atoms with Crippen molar-refractivity contribution in [2.24, 2.45) is 0 Å². The zero-order chi connectivity index (χ0) is 19.6. The van der Waals surface area contributed by atoms with E-state index in [2.05, 4.69) is 46.3 Å². The molecule has 0 radical (unpaired) electrons. The molecule has 148 valence electrons. The Hall–Kier alpha value is -2.34. The van der Waals surface area contributed by atoms with Crippen molar-refractivity contribution in [2.75, 3.05) is 37.4 Å². The van der Waals surface area contributed by atoms with Gasteiger partial charge in [0.25, 0.3) is 0 Å². The Labute approximate surface area is 163 Å². The Kier molecular flexibility index (Phi) is 8.33. The van der Waals surface area contributed by atoms with E-state index in [1.165, 1.54) is 6.42 Å². The van der Waals surface area contributed by atoms with Crippen LogP contribution in [0.5, 0.6) is 5.75 Å². The van der Waals surface area contributed by atoms with Gasteiger partial charge in [-0.1, -0.05) is 13.8 Å². The molecule has 0 fully saturated rings. The predicted octanol–water partition coefficient (Wildman–Crippen LogP) is 4.46. The van der Waals surface area contributed by atoms with Crippen LogP contribution in [-0.2, 0) is 0 Å². The lowest BCUT2D eigenvalue weighted by Gasteiger charge is -2.20. The van der Waals surface area contributed by atoms with E-state index in [4.69, 9.17) is 4.74 Å². The van der Waals surface area contributed by atoms with Crippen molar-refractivity contribution in [1.82, 2.24) is 14.9 Å². The van der Waals surface area contributed by atoms with E-state index in [1.54, 1.807) is 7.11 Å². The number of methoxy groups -OCH3 is 1. The molecule has 6 heteroatoms. The molecule has 0 aliphatic rings. The largest absolute Gasteiger partial charge is 0.497 e. The van der Waals surface area contributed by atoms with Gasteiger partial charge in [-0.15, -0.1) is 0 Å². The normalized spacial score (nSPS) is 12.1. The topological polar surface area (TPSA) is 62.3 Å². The highest BCUT2D eigenvalue weighted by Gasteiger charge is 2.08. The summed E-state index contributed by atoms with van der Waals surface area (Å²) in [6.45, 7) is 12.0. The zero-order valence-electron chi connectivity index (χ0n) is 17.2. The number of ether oxygens (including phenoxy) is 1. The minimum atomic E-state index is 0.365. The Morgan fingerprint density at radius 2 is 1.81 bits per heavy atom. The first-order valence-corrected chi connectivity index (χ1v) is 9.79. The fourth-order valence-corrected chi connectivity index (χ4v) is 2.99. The first-order valence-electron chi connectivity index (χ1n) is 9.79. The summed E-state index contributed by atoms with van der Waals surface area (Å²) >= 11 is 0. The smallest absolute Gasteiger partial charge is 0.229 e. The van der Waals surface area contributed by atoms with Crippen LogP contribution in [0, 0.1) is 6.92 Å². The van der Waals surface area contributed by atoms with Gasteiger partial charge in [0.05, 0.1) is 7.11 Å². The number of benzene rings is 1. The molecular formula is C21H33N5O. The average Bonchev–Trinajstić information content (AvgIpc) is 2.65. The van der Waals surface area contributed by atoms with Crippen molar-refractivity contribution in [2.45, 2.75) is 46.6 Å². The molecule has 1 atom stereocenters. The fraction of sp³-hybridized carbons (Fsp3) is 0.524. The monoisotopic (exact) mass is 371 g/mol. The number of hydrogen-bond acceptors (Lipinski definition) is 6. The number of nitrogens with one attached hydrogen (secondary N) is 2. The molecule has 2 aromatic rings. The Morgan fingerprint density at radius 1 is 1.11 bits per heavy atom. The van der Waals surface area contributed by atoms with Crippen LogP contribution in [0.3, 0.4) is 0 Å². The van der Waals surface area contributed by atoms with Crippen LogP contribution in [0.4, 0.5) is 17.5 Å². The number of aromatic nitrogens is 2. The van der Waals surface area contributed by atoms with Crippen molar-refractivity contribution < 1.29 is 4.74 Å².